The van der Waals surface area contributed by atoms with E-state index < -0.39 is 0 Å². The van der Waals surface area contributed by atoms with Crippen LogP contribution in [-0.2, 0) is 9.59 Å². The van der Waals surface area contributed by atoms with Crippen LogP contribution in [0.4, 0.5) is 5.69 Å². The summed E-state index contributed by atoms with van der Waals surface area (Å²) in [5, 5.41) is 0. The number of nitrogens with two attached hydrogens (primary N) is 1. The van der Waals surface area contributed by atoms with Gasteiger partial charge in [0.05, 0.1) is 6.54 Å². The average molecular weight is 248 g/mol. The zero-order valence-corrected chi connectivity index (χ0v) is 10.3. The molecule has 0 radical (unpaired) electrons. The summed E-state index contributed by atoms with van der Waals surface area (Å²) in [6, 6.07) is 6.99. The Balaban J connectivity index is 1.84. The maximum Gasteiger partial charge on any atom is 0.232 e. The number of amides is 2. The topological polar surface area (TPSA) is 72.6 Å². The standard InChI is InChI=1S/C13H16N2O3/c1-9-8-12(16)15(13(9)17)6-7-18-11-4-2-10(14)3-5-11/h2-5,9H,6-8,14H2,1H3. The summed E-state index contributed by atoms with van der Waals surface area (Å²) in [6.45, 7) is 2.36. The Bertz CT molecular complexity index is 456. The molecule has 96 valence electrons. The van der Waals surface area contributed by atoms with Crippen LogP contribution >= 0.6 is 0 Å². The summed E-state index contributed by atoms with van der Waals surface area (Å²) in [7, 11) is 0. The van der Waals surface area contributed by atoms with Crippen LogP contribution in [0.15, 0.2) is 24.3 Å². The van der Waals surface area contributed by atoms with E-state index in [9.17, 15) is 9.59 Å². The third-order valence-corrected chi connectivity index (χ3v) is 2.93. The highest BCUT2D eigenvalue weighted by molar-refractivity contribution is 6.03. The molecular formula is C13H16N2O3. The normalized spacial score (nSPS) is 19.4. The Morgan fingerprint density at radius 2 is 2.00 bits per heavy atom. The van der Waals surface area contributed by atoms with Gasteiger partial charge in [-0.05, 0) is 24.3 Å². The number of imide groups is 1. The number of carbonyl (C=O) groups excluding carboxylic acids is 2. The van der Waals surface area contributed by atoms with Crippen LogP contribution in [0.1, 0.15) is 13.3 Å². The molecular weight excluding hydrogens is 232 g/mol. The van der Waals surface area contributed by atoms with E-state index in [4.69, 9.17) is 10.5 Å². The van der Waals surface area contributed by atoms with Crippen molar-refractivity contribution in [2.75, 3.05) is 18.9 Å². The van der Waals surface area contributed by atoms with Crippen LogP contribution in [0.2, 0.25) is 0 Å². The van der Waals surface area contributed by atoms with Gasteiger partial charge in [-0.2, -0.15) is 0 Å². The zero-order chi connectivity index (χ0) is 13.1. The van der Waals surface area contributed by atoms with E-state index in [1.807, 2.05) is 0 Å². The van der Waals surface area contributed by atoms with Gasteiger partial charge in [-0.3, -0.25) is 14.5 Å². The summed E-state index contributed by atoms with van der Waals surface area (Å²) in [5.41, 5.74) is 6.22. The van der Waals surface area contributed by atoms with E-state index in [1.165, 1.54) is 4.90 Å². The molecule has 2 rings (SSSR count). The minimum Gasteiger partial charge on any atom is -0.492 e. The fourth-order valence-corrected chi connectivity index (χ4v) is 1.90. The molecule has 5 nitrogen and oxygen atoms in total. The summed E-state index contributed by atoms with van der Waals surface area (Å²) >= 11 is 0. The van der Waals surface area contributed by atoms with Crippen LogP contribution in [0.5, 0.6) is 5.75 Å². The Morgan fingerprint density at radius 1 is 1.33 bits per heavy atom. The van der Waals surface area contributed by atoms with E-state index in [0.717, 1.165) is 0 Å². The van der Waals surface area contributed by atoms with Crippen molar-refractivity contribution < 1.29 is 14.3 Å². The maximum atomic E-state index is 11.6. The average Bonchev–Trinajstić information content (AvgIpc) is 2.58. The van der Waals surface area contributed by atoms with Gasteiger partial charge in [0.15, 0.2) is 0 Å². The van der Waals surface area contributed by atoms with Crippen molar-refractivity contribution in [3.8, 4) is 5.75 Å². The van der Waals surface area contributed by atoms with E-state index in [1.54, 1.807) is 31.2 Å². The third-order valence-electron chi connectivity index (χ3n) is 2.93. The van der Waals surface area contributed by atoms with Crippen molar-refractivity contribution in [1.29, 1.82) is 0 Å². The number of anilines is 1. The van der Waals surface area contributed by atoms with E-state index >= 15 is 0 Å². The summed E-state index contributed by atoms with van der Waals surface area (Å²) in [6.07, 6.45) is 0.306. The van der Waals surface area contributed by atoms with Gasteiger partial charge in [0.1, 0.15) is 12.4 Å². The van der Waals surface area contributed by atoms with Crippen molar-refractivity contribution in [1.82, 2.24) is 4.90 Å². The molecule has 1 aliphatic heterocycles. The number of benzene rings is 1. The van der Waals surface area contributed by atoms with Crippen LogP contribution in [-0.4, -0.2) is 29.9 Å². The smallest absolute Gasteiger partial charge is 0.232 e. The quantitative estimate of drug-likeness (QED) is 0.638. The minimum absolute atomic E-state index is 0.110. The van der Waals surface area contributed by atoms with Crippen LogP contribution < -0.4 is 10.5 Å². The molecule has 2 amide bonds. The number of likely N-dealkylation sites (tertiary alicyclic amines) is 1. The molecule has 1 fully saturated rings. The van der Waals surface area contributed by atoms with Gasteiger partial charge in [0, 0.05) is 18.0 Å². The van der Waals surface area contributed by atoms with Gasteiger partial charge < -0.3 is 10.5 Å². The fraction of sp³-hybridized carbons (Fsp3) is 0.385. The lowest BCUT2D eigenvalue weighted by Crippen LogP contribution is -2.34. The monoisotopic (exact) mass is 248 g/mol. The highest BCUT2D eigenvalue weighted by Gasteiger charge is 2.35. The number of rotatable bonds is 4. The number of carbonyl (C=O) groups is 2. The minimum atomic E-state index is -0.200. The lowest BCUT2D eigenvalue weighted by atomic mass is 10.1. The molecule has 1 aliphatic rings. The first-order valence-corrected chi connectivity index (χ1v) is 5.90. The number of nitrogen functional groups attached to an aromatic ring is 1. The molecule has 1 heterocycles. The van der Waals surface area contributed by atoms with Crippen LogP contribution in [0.3, 0.4) is 0 Å². The molecule has 18 heavy (non-hydrogen) atoms. The lowest BCUT2D eigenvalue weighted by molar-refractivity contribution is -0.139. The Morgan fingerprint density at radius 3 is 2.56 bits per heavy atom. The molecule has 5 heteroatoms. The van der Waals surface area contributed by atoms with Gasteiger partial charge in [0.25, 0.3) is 0 Å². The maximum absolute atomic E-state index is 11.6. The van der Waals surface area contributed by atoms with Gasteiger partial charge >= 0.3 is 0 Å². The van der Waals surface area contributed by atoms with Crippen molar-refractivity contribution in [2.24, 2.45) is 5.92 Å². The van der Waals surface area contributed by atoms with Crippen LogP contribution in [0, 0.1) is 5.92 Å². The zero-order valence-electron chi connectivity index (χ0n) is 10.3. The number of ether oxygens (including phenoxy) is 1. The second-order valence-corrected chi connectivity index (χ2v) is 4.41. The molecule has 1 unspecified atom stereocenters. The second kappa shape index (κ2) is 5.08. The van der Waals surface area contributed by atoms with Crippen molar-refractivity contribution in [3.63, 3.8) is 0 Å². The van der Waals surface area contributed by atoms with Gasteiger partial charge in [-0.15, -0.1) is 0 Å². The molecule has 0 aromatic heterocycles. The van der Waals surface area contributed by atoms with Gasteiger partial charge in [0.2, 0.25) is 11.8 Å². The van der Waals surface area contributed by atoms with E-state index in [2.05, 4.69) is 0 Å². The number of nitrogens with zero attached hydrogens (tertiary/aromatic N) is 1. The molecule has 0 bridgehead atoms. The molecule has 0 aliphatic carbocycles. The van der Waals surface area contributed by atoms with E-state index in [-0.39, 0.29) is 17.7 Å². The summed E-state index contributed by atoms with van der Waals surface area (Å²) in [4.78, 5) is 24.4. The summed E-state index contributed by atoms with van der Waals surface area (Å²) in [5.74, 6) is 0.250. The second-order valence-electron chi connectivity index (χ2n) is 4.41. The molecule has 0 saturated carbocycles. The SMILES string of the molecule is CC1CC(=O)N(CCOc2ccc(N)cc2)C1=O. The predicted octanol–water partition coefficient (Wildman–Crippen LogP) is 1.04. The molecule has 1 saturated heterocycles. The highest BCUT2D eigenvalue weighted by atomic mass is 16.5. The molecule has 1 aromatic carbocycles. The highest BCUT2D eigenvalue weighted by Crippen LogP contribution is 2.18. The Hall–Kier alpha value is -2.04. The Kier molecular flexibility index (Phi) is 3.50. The third kappa shape index (κ3) is 2.61. The molecule has 2 N–H and O–H groups in total. The number of hydrogen-bond acceptors (Lipinski definition) is 4. The number of hydrogen-bond donors (Lipinski definition) is 1. The molecule has 0 spiro atoms. The van der Waals surface area contributed by atoms with Crippen molar-refractivity contribution in [2.45, 2.75) is 13.3 Å². The van der Waals surface area contributed by atoms with Crippen molar-refractivity contribution in [3.05, 3.63) is 24.3 Å². The largest absolute Gasteiger partial charge is 0.492 e. The van der Waals surface area contributed by atoms with Gasteiger partial charge in [-0.25, -0.2) is 0 Å². The van der Waals surface area contributed by atoms with Crippen LogP contribution in [0.25, 0.3) is 0 Å². The predicted molar refractivity (Wildman–Crippen MR) is 66.9 cm³/mol. The summed E-state index contributed by atoms with van der Waals surface area (Å²) < 4.78 is 5.45. The lowest BCUT2D eigenvalue weighted by Gasteiger charge is -2.14. The molecule has 1 atom stereocenters. The van der Waals surface area contributed by atoms with Gasteiger partial charge in [-0.1, -0.05) is 6.92 Å². The first-order chi connectivity index (χ1) is 8.58. The first kappa shape index (κ1) is 12.4. The van der Waals surface area contributed by atoms with Crippen molar-refractivity contribution >= 4 is 17.5 Å². The fourth-order valence-electron chi connectivity index (χ4n) is 1.90. The molecule has 1 aromatic rings. The first-order valence-electron chi connectivity index (χ1n) is 5.90. The Labute approximate surface area is 106 Å². The van der Waals surface area contributed by atoms with E-state index in [0.29, 0.717) is 31.0 Å².